The Bertz CT molecular complexity index is 1370. The van der Waals surface area contributed by atoms with Crippen molar-refractivity contribution >= 4 is 34.0 Å². The summed E-state index contributed by atoms with van der Waals surface area (Å²) in [7, 11) is 1.79. The fraction of sp³-hybridized carbons (Fsp3) is 0.125. The average Bonchev–Trinajstić information content (AvgIpc) is 2.80. The van der Waals surface area contributed by atoms with Crippen molar-refractivity contribution in [1.29, 1.82) is 0 Å². The topological polar surface area (TPSA) is 67.2 Å². The number of aromatic nitrogens is 2. The van der Waals surface area contributed by atoms with E-state index in [2.05, 4.69) is 10.3 Å². The third kappa shape index (κ3) is 4.72. The van der Waals surface area contributed by atoms with Gasteiger partial charge in [-0.3, -0.25) is 9.36 Å². The molecule has 0 bridgehead atoms. The Morgan fingerprint density at radius 3 is 2.42 bits per heavy atom. The van der Waals surface area contributed by atoms with Crippen LogP contribution in [0.2, 0.25) is 0 Å². The van der Waals surface area contributed by atoms with Crippen LogP contribution in [0.3, 0.4) is 0 Å². The van der Waals surface area contributed by atoms with Gasteiger partial charge in [0.1, 0.15) is 12.4 Å². The molecule has 6 nitrogen and oxygen atoms in total. The standard InChI is InChI=1S/C24H19F3N4O2/c1-30(18-10-3-2-4-11-18)22-19-12-5-6-13-20(19)31(23(33)29-22)15-21(32)28-17-9-7-8-16(14-17)24(25,26)27/h2-14H,15H2,1H3,(H,28,32). The molecule has 1 aromatic heterocycles. The second-order valence-electron chi connectivity index (χ2n) is 7.34. The Morgan fingerprint density at radius 1 is 1.00 bits per heavy atom. The number of anilines is 3. The number of carbonyl (C=O) groups excluding carboxylic acids is 1. The van der Waals surface area contributed by atoms with Crippen LogP contribution >= 0.6 is 0 Å². The number of alkyl halides is 3. The van der Waals surface area contributed by atoms with Crippen LogP contribution in [-0.4, -0.2) is 22.5 Å². The van der Waals surface area contributed by atoms with E-state index < -0.39 is 29.9 Å². The first-order valence-electron chi connectivity index (χ1n) is 9.99. The molecule has 0 aliphatic heterocycles. The third-order valence-corrected chi connectivity index (χ3v) is 5.10. The van der Waals surface area contributed by atoms with Gasteiger partial charge in [0, 0.05) is 23.8 Å². The number of nitrogens with one attached hydrogen (secondary N) is 1. The monoisotopic (exact) mass is 452 g/mol. The molecule has 0 aliphatic rings. The summed E-state index contributed by atoms with van der Waals surface area (Å²) in [5.41, 5.74) is -0.229. The maximum Gasteiger partial charge on any atom is 0.416 e. The van der Waals surface area contributed by atoms with Crippen molar-refractivity contribution in [3.63, 3.8) is 0 Å². The number of nitrogens with zero attached hydrogens (tertiary/aromatic N) is 3. The van der Waals surface area contributed by atoms with Gasteiger partial charge in [-0.05, 0) is 42.5 Å². The first kappa shape index (κ1) is 22.1. The lowest BCUT2D eigenvalue weighted by atomic mass is 10.2. The Labute approximate surface area is 186 Å². The Balaban J connectivity index is 1.66. The largest absolute Gasteiger partial charge is 0.416 e. The highest BCUT2D eigenvalue weighted by molar-refractivity contribution is 5.94. The normalized spacial score (nSPS) is 11.4. The van der Waals surface area contributed by atoms with E-state index in [4.69, 9.17) is 0 Å². The minimum Gasteiger partial charge on any atom is -0.329 e. The predicted octanol–water partition coefficient (Wildman–Crippen LogP) is 4.82. The zero-order valence-corrected chi connectivity index (χ0v) is 17.5. The van der Waals surface area contributed by atoms with Gasteiger partial charge in [0.25, 0.3) is 0 Å². The average molecular weight is 452 g/mol. The van der Waals surface area contributed by atoms with Gasteiger partial charge in [0.2, 0.25) is 5.91 Å². The zero-order chi connectivity index (χ0) is 23.6. The Hall–Kier alpha value is -4.14. The highest BCUT2D eigenvalue weighted by atomic mass is 19.4. The van der Waals surface area contributed by atoms with Crippen LogP contribution in [0.25, 0.3) is 10.9 Å². The zero-order valence-electron chi connectivity index (χ0n) is 17.5. The number of halogens is 3. The first-order chi connectivity index (χ1) is 15.7. The molecule has 0 atom stereocenters. The molecule has 0 unspecified atom stereocenters. The lowest BCUT2D eigenvalue weighted by Crippen LogP contribution is -2.31. The highest BCUT2D eigenvalue weighted by Gasteiger charge is 2.30. The number of fused-ring (bicyclic) bond motifs is 1. The van der Waals surface area contributed by atoms with Crippen molar-refractivity contribution < 1.29 is 18.0 Å². The predicted molar refractivity (Wildman–Crippen MR) is 121 cm³/mol. The van der Waals surface area contributed by atoms with Crippen LogP contribution in [0.15, 0.2) is 83.7 Å². The number of hydrogen-bond donors (Lipinski definition) is 1. The van der Waals surface area contributed by atoms with Gasteiger partial charge in [0.05, 0.1) is 11.1 Å². The van der Waals surface area contributed by atoms with Gasteiger partial charge < -0.3 is 10.2 Å². The Morgan fingerprint density at radius 2 is 1.70 bits per heavy atom. The molecule has 1 amide bonds. The SMILES string of the molecule is CN(c1ccccc1)c1nc(=O)n(CC(=O)Nc2cccc(C(F)(F)F)c2)c2ccccc12. The minimum absolute atomic E-state index is 0.0134. The van der Waals surface area contributed by atoms with Crippen LogP contribution in [-0.2, 0) is 17.5 Å². The highest BCUT2D eigenvalue weighted by Crippen LogP contribution is 2.31. The van der Waals surface area contributed by atoms with Crippen molar-refractivity contribution in [2.45, 2.75) is 12.7 Å². The van der Waals surface area contributed by atoms with Gasteiger partial charge in [-0.25, -0.2) is 4.79 Å². The molecule has 1 heterocycles. The fourth-order valence-corrected chi connectivity index (χ4v) is 3.51. The summed E-state index contributed by atoms with van der Waals surface area (Å²) in [4.78, 5) is 31.4. The number of hydrogen-bond acceptors (Lipinski definition) is 4. The van der Waals surface area contributed by atoms with E-state index in [-0.39, 0.29) is 5.69 Å². The quantitative estimate of drug-likeness (QED) is 0.471. The summed E-state index contributed by atoms with van der Waals surface area (Å²) in [5.74, 6) is -0.219. The van der Waals surface area contributed by atoms with Gasteiger partial charge >= 0.3 is 11.9 Å². The van der Waals surface area contributed by atoms with Crippen molar-refractivity contribution in [3.8, 4) is 0 Å². The molecule has 1 N–H and O–H groups in total. The molecule has 0 spiro atoms. The molecule has 0 aliphatic carbocycles. The van der Waals surface area contributed by atoms with Crippen molar-refractivity contribution in [2.75, 3.05) is 17.3 Å². The molecule has 3 aromatic carbocycles. The molecule has 4 rings (SSSR count). The molecule has 0 radical (unpaired) electrons. The molecule has 0 fully saturated rings. The molecular weight excluding hydrogens is 433 g/mol. The van der Waals surface area contributed by atoms with Crippen LogP contribution in [0, 0.1) is 0 Å². The van der Waals surface area contributed by atoms with Crippen molar-refractivity contribution in [2.24, 2.45) is 0 Å². The van der Waals surface area contributed by atoms with Gasteiger partial charge in [-0.2, -0.15) is 18.2 Å². The number of benzene rings is 3. The lowest BCUT2D eigenvalue weighted by molar-refractivity contribution is -0.137. The number of rotatable bonds is 5. The number of para-hydroxylation sites is 2. The molecule has 0 saturated heterocycles. The van der Waals surface area contributed by atoms with E-state index in [0.29, 0.717) is 16.7 Å². The summed E-state index contributed by atoms with van der Waals surface area (Å²) in [6, 6.07) is 20.7. The van der Waals surface area contributed by atoms with Gasteiger partial charge in [-0.1, -0.05) is 36.4 Å². The van der Waals surface area contributed by atoms with E-state index in [1.165, 1.54) is 16.7 Å². The number of amides is 1. The fourth-order valence-electron chi connectivity index (χ4n) is 3.51. The number of carbonyl (C=O) groups is 1. The van der Waals surface area contributed by atoms with Crippen LogP contribution in [0.4, 0.5) is 30.4 Å². The van der Waals surface area contributed by atoms with E-state index >= 15 is 0 Å². The van der Waals surface area contributed by atoms with E-state index in [0.717, 1.165) is 17.8 Å². The molecule has 168 valence electrons. The van der Waals surface area contributed by atoms with E-state index in [1.807, 2.05) is 30.3 Å². The molecular formula is C24H19F3N4O2. The third-order valence-electron chi connectivity index (χ3n) is 5.10. The van der Waals surface area contributed by atoms with Crippen LogP contribution in [0.1, 0.15) is 5.56 Å². The maximum absolute atomic E-state index is 12.9. The minimum atomic E-state index is -4.53. The first-order valence-corrected chi connectivity index (χ1v) is 9.99. The smallest absolute Gasteiger partial charge is 0.329 e. The second kappa shape index (κ2) is 8.78. The van der Waals surface area contributed by atoms with Crippen molar-refractivity contribution in [3.05, 3.63) is 94.9 Å². The van der Waals surface area contributed by atoms with Gasteiger partial charge in [0.15, 0.2) is 0 Å². The van der Waals surface area contributed by atoms with Crippen LogP contribution < -0.4 is 15.9 Å². The molecule has 4 aromatic rings. The summed E-state index contributed by atoms with van der Waals surface area (Å²) < 4.78 is 40.0. The summed E-state index contributed by atoms with van der Waals surface area (Å²) in [5, 5.41) is 3.07. The summed E-state index contributed by atoms with van der Waals surface area (Å²) >= 11 is 0. The second-order valence-corrected chi connectivity index (χ2v) is 7.34. The van der Waals surface area contributed by atoms with E-state index in [9.17, 15) is 22.8 Å². The summed E-state index contributed by atoms with van der Waals surface area (Å²) in [6.07, 6.45) is -4.53. The van der Waals surface area contributed by atoms with E-state index in [1.54, 1.807) is 36.2 Å². The Kier molecular flexibility index (Phi) is 5.87. The lowest BCUT2D eigenvalue weighted by Gasteiger charge is -2.21. The van der Waals surface area contributed by atoms with Crippen molar-refractivity contribution in [1.82, 2.24) is 9.55 Å². The maximum atomic E-state index is 12.9. The molecule has 9 heteroatoms. The summed E-state index contributed by atoms with van der Waals surface area (Å²) in [6.45, 7) is -0.405. The van der Waals surface area contributed by atoms with Gasteiger partial charge in [-0.15, -0.1) is 0 Å². The van der Waals surface area contributed by atoms with Crippen LogP contribution in [0.5, 0.6) is 0 Å². The molecule has 0 saturated carbocycles. The molecule has 33 heavy (non-hydrogen) atoms.